The smallest absolute Gasteiger partial charge is 0.239 e. The highest BCUT2D eigenvalue weighted by molar-refractivity contribution is 9.10. The molecule has 9 heteroatoms. The molecule has 1 atom stereocenters. The molecule has 2 amide bonds. The van der Waals surface area contributed by atoms with Crippen LogP contribution in [-0.2, 0) is 25.4 Å². The molecule has 0 saturated carbocycles. The van der Waals surface area contributed by atoms with Crippen molar-refractivity contribution >= 4 is 37.8 Å². The van der Waals surface area contributed by atoms with Crippen LogP contribution in [0.15, 0.2) is 59.1 Å². The van der Waals surface area contributed by atoms with Gasteiger partial charge in [0.15, 0.2) is 0 Å². The fraction of sp³-hybridized carbons (Fsp3) is 0.263. The summed E-state index contributed by atoms with van der Waals surface area (Å²) in [5, 5.41) is 5.17. The third kappa shape index (κ3) is 7.79. The van der Waals surface area contributed by atoms with Crippen molar-refractivity contribution in [3.63, 3.8) is 0 Å². The van der Waals surface area contributed by atoms with Crippen molar-refractivity contribution in [3.8, 4) is 0 Å². The highest BCUT2D eigenvalue weighted by atomic mass is 79.9. The Morgan fingerprint density at radius 2 is 1.61 bits per heavy atom. The first-order valence-electron chi connectivity index (χ1n) is 8.58. The maximum absolute atomic E-state index is 12.0. The summed E-state index contributed by atoms with van der Waals surface area (Å²) in [5.74, 6) is -1.16. The summed E-state index contributed by atoms with van der Waals surface area (Å²) in [6, 6.07) is 16.0. The number of rotatable bonds is 9. The molecule has 2 rings (SSSR count). The summed E-state index contributed by atoms with van der Waals surface area (Å²) < 4.78 is 27.2. The summed E-state index contributed by atoms with van der Waals surface area (Å²) in [7, 11) is -3.64. The number of sulfonamides is 1. The maximum atomic E-state index is 12.0. The predicted octanol–water partition coefficient (Wildman–Crippen LogP) is 1.86. The van der Waals surface area contributed by atoms with Crippen LogP contribution in [0.5, 0.6) is 0 Å². The van der Waals surface area contributed by atoms with Crippen LogP contribution in [0.2, 0.25) is 0 Å². The topological polar surface area (TPSA) is 104 Å². The fourth-order valence-electron chi connectivity index (χ4n) is 2.39. The van der Waals surface area contributed by atoms with Crippen molar-refractivity contribution in [1.82, 2.24) is 15.4 Å². The van der Waals surface area contributed by atoms with E-state index in [1.54, 1.807) is 30.3 Å². The number of carbonyl (C=O) groups excluding carboxylic acids is 2. The van der Waals surface area contributed by atoms with Crippen LogP contribution in [0.3, 0.4) is 0 Å². The van der Waals surface area contributed by atoms with Gasteiger partial charge in [0.05, 0.1) is 24.9 Å². The molecule has 0 aliphatic rings. The Bertz CT molecular complexity index is 903. The zero-order valence-electron chi connectivity index (χ0n) is 15.3. The van der Waals surface area contributed by atoms with E-state index in [1.165, 1.54) is 0 Å². The van der Waals surface area contributed by atoms with E-state index in [0.717, 1.165) is 10.0 Å². The van der Waals surface area contributed by atoms with Gasteiger partial charge in [0.2, 0.25) is 21.8 Å². The van der Waals surface area contributed by atoms with Gasteiger partial charge in [-0.3, -0.25) is 9.59 Å². The Kier molecular flexibility index (Phi) is 8.16. The molecule has 0 aliphatic heterocycles. The Balaban J connectivity index is 1.72. The van der Waals surface area contributed by atoms with Gasteiger partial charge in [0.1, 0.15) is 0 Å². The van der Waals surface area contributed by atoms with Crippen molar-refractivity contribution < 1.29 is 18.0 Å². The number of amides is 2. The van der Waals surface area contributed by atoms with Crippen LogP contribution in [0.4, 0.5) is 0 Å². The second-order valence-corrected chi connectivity index (χ2v) is 8.91. The average molecular weight is 468 g/mol. The van der Waals surface area contributed by atoms with Crippen LogP contribution in [0.1, 0.15) is 24.1 Å². The van der Waals surface area contributed by atoms with Gasteiger partial charge in [-0.1, -0.05) is 58.4 Å². The molecule has 7 nitrogen and oxygen atoms in total. The van der Waals surface area contributed by atoms with E-state index in [2.05, 4.69) is 31.3 Å². The lowest BCUT2D eigenvalue weighted by Gasteiger charge is -2.15. The first-order chi connectivity index (χ1) is 13.2. The normalized spacial score (nSPS) is 12.2. The van der Waals surface area contributed by atoms with Gasteiger partial charge >= 0.3 is 0 Å². The van der Waals surface area contributed by atoms with Crippen LogP contribution in [0, 0.1) is 0 Å². The Labute approximate surface area is 173 Å². The first-order valence-corrected chi connectivity index (χ1v) is 11.0. The van der Waals surface area contributed by atoms with Gasteiger partial charge in [-0.2, -0.15) is 0 Å². The molecule has 0 heterocycles. The number of hydrogen-bond acceptors (Lipinski definition) is 4. The van der Waals surface area contributed by atoms with Gasteiger partial charge in [-0.05, 0) is 30.2 Å². The van der Waals surface area contributed by atoms with Crippen LogP contribution in [-0.4, -0.2) is 33.3 Å². The van der Waals surface area contributed by atoms with Crippen molar-refractivity contribution in [2.24, 2.45) is 0 Å². The van der Waals surface area contributed by atoms with Crippen LogP contribution < -0.4 is 15.4 Å². The quantitative estimate of drug-likeness (QED) is 0.523. The molecule has 2 aromatic carbocycles. The van der Waals surface area contributed by atoms with E-state index < -0.39 is 22.5 Å². The van der Waals surface area contributed by atoms with E-state index in [0.29, 0.717) is 5.56 Å². The largest absolute Gasteiger partial charge is 0.348 e. The van der Waals surface area contributed by atoms with Crippen molar-refractivity contribution in [1.29, 1.82) is 0 Å². The molecule has 0 unspecified atom stereocenters. The monoisotopic (exact) mass is 467 g/mol. The Morgan fingerprint density at radius 1 is 0.964 bits per heavy atom. The van der Waals surface area contributed by atoms with Crippen LogP contribution >= 0.6 is 15.9 Å². The van der Waals surface area contributed by atoms with E-state index >= 15 is 0 Å². The molecule has 0 bridgehead atoms. The molecule has 150 valence electrons. The lowest BCUT2D eigenvalue weighted by molar-refractivity contribution is -0.125. The van der Waals surface area contributed by atoms with Crippen molar-refractivity contribution in [2.45, 2.75) is 18.7 Å². The Morgan fingerprint density at radius 3 is 2.25 bits per heavy atom. The summed E-state index contributed by atoms with van der Waals surface area (Å²) in [6.45, 7) is 1.17. The van der Waals surface area contributed by atoms with Gasteiger partial charge in [-0.15, -0.1) is 0 Å². The zero-order valence-corrected chi connectivity index (χ0v) is 17.7. The first kappa shape index (κ1) is 22.1. The van der Waals surface area contributed by atoms with E-state index in [9.17, 15) is 18.0 Å². The fourth-order valence-corrected chi connectivity index (χ4v) is 3.74. The number of halogens is 1. The minimum atomic E-state index is -3.64. The lowest BCUT2D eigenvalue weighted by Crippen LogP contribution is -2.42. The number of carbonyl (C=O) groups is 2. The zero-order chi connectivity index (χ0) is 20.6. The van der Waals surface area contributed by atoms with Crippen LogP contribution in [0.25, 0.3) is 0 Å². The van der Waals surface area contributed by atoms with E-state index in [4.69, 9.17) is 0 Å². The maximum Gasteiger partial charge on any atom is 0.239 e. The molecule has 0 aromatic heterocycles. The average Bonchev–Trinajstić information content (AvgIpc) is 2.66. The van der Waals surface area contributed by atoms with Gasteiger partial charge < -0.3 is 10.6 Å². The SMILES string of the molecule is C[C@@H](NC(=O)CNC(=O)CNS(=O)(=O)Cc1ccccc1)c1ccc(Br)cc1. The highest BCUT2D eigenvalue weighted by Crippen LogP contribution is 2.16. The molecule has 0 aliphatic carbocycles. The molecular formula is C19H22BrN3O4S. The molecule has 0 radical (unpaired) electrons. The minimum Gasteiger partial charge on any atom is -0.348 e. The molecule has 0 spiro atoms. The Hall–Kier alpha value is -2.23. The highest BCUT2D eigenvalue weighted by Gasteiger charge is 2.14. The molecule has 2 aromatic rings. The summed E-state index contributed by atoms with van der Waals surface area (Å²) in [4.78, 5) is 23.8. The summed E-state index contributed by atoms with van der Waals surface area (Å²) >= 11 is 3.35. The van der Waals surface area contributed by atoms with Gasteiger partial charge in [0.25, 0.3) is 0 Å². The molecule has 28 heavy (non-hydrogen) atoms. The lowest BCUT2D eigenvalue weighted by atomic mass is 10.1. The standard InChI is InChI=1S/C19H22BrN3O4S/c1-14(16-7-9-17(20)10-8-16)23-19(25)11-21-18(24)12-22-28(26,27)13-15-5-3-2-4-6-15/h2-10,14,22H,11-13H2,1H3,(H,21,24)(H,23,25)/t14-/m1/s1. The predicted molar refractivity (Wildman–Crippen MR) is 111 cm³/mol. The minimum absolute atomic E-state index is 0.216. The second kappa shape index (κ2) is 10.4. The second-order valence-electron chi connectivity index (χ2n) is 6.18. The van der Waals surface area contributed by atoms with Gasteiger partial charge in [0, 0.05) is 4.47 Å². The molecule has 3 N–H and O–H groups in total. The third-order valence-electron chi connectivity index (χ3n) is 3.85. The molecule has 0 saturated heterocycles. The van der Waals surface area contributed by atoms with Crippen molar-refractivity contribution in [2.75, 3.05) is 13.1 Å². The summed E-state index contributed by atoms with van der Waals surface area (Å²) in [6.07, 6.45) is 0. The molecule has 0 fully saturated rings. The summed E-state index contributed by atoms with van der Waals surface area (Å²) in [5.41, 5.74) is 1.55. The molecular weight excluding hydrogens is 446 g/mol. The number of hydrogen-bond donors (Lipinski definition) is 3. The van der Waals surface area contributed by atoms with E-state index in [-0.39, 0.29) is 24.2 Å². The van der Waals surface area contributed by atoms with Crippen molar-refractivity contribution in [3.05, 3.63) is 70.2 Å². The van der Waals surface area contributed by atoms with Gasteiger partial charge in [-0.25, -0.2) is 13.1 Å². The third-order valence-corrected chi connectivity index (χ3v) is 5.67. The number of nitrogens with one attached hydrogen (secondary N) is 3. The van der Waals surface area contributed by atoms with E-state index in [1.807, 2.05) is 31.2 Å². The number of benzene rings is 2.